The van der Waals surface area contributed by atoms with Gasteiger partial charge in [0.05, 0.1) is 5.84 Å². The van der Waals surface area contributed by atoms with Crippen LogP contribution in [0.1, 0.15) is 24.6 Å². The molecule has 1 N–H and O–H groups in total. The number of nitrogens with zero attached hydrogens (tertiary/aromatic N) is 1. The second kappa shape index (κ2) is 5.31. The molecule has 2 nitrogen and oxygen atoms in total. The van der Waals surface area contributed by atoms with Crippen LogP contribution in [-0.4, -0.2) is 18.9 Å². The minimum Gasteiger partial charge on any atom is -0.374 e. The minimum atomic E-state index is 0.529. The van der Waals surface area contributed by atoms with E-state index < -0.39 is 0 Å². The molecule has 0 spiro atoms. The Morgan fingerprint density at radius 3 is 3.27 bits per heavy atom. The van der Waals surface area contributed by atoms with Crippen molar-refractivity contribution in [3.8, 4) is 0 Å². The fourth-order valence-electron chi connectivity index (χ4n) is 1.87. The quantitative estimate of drug-likeness (QED) is 0.835. The van der Waals surface area contributed by atoms with Gasteiger partial charge in [-0.1, -0.05) is 13.0 Å². The van der Waals surface area contributed by atoms with Gasteiger partial charge in [-0.05, 0) is 30.7 Å². The average Bonchev–Trinajstić information content (AvgIpc) is 2.58. The first-order valence-electron chi connectivity index (χ1n) is 5.67. The molecule has 0 aromatic carbocycles. The first-order chi connectivity index (χ1) is 7.36. The summed E-state index contributed by atoms with van der Waals surface area (Å²) in [7, 11) is 0. The van der Waals surface area contributed by atoms with Crippen molar-refractivity contribution in [2.45, 2.75) is 26.2 Å². The Bertz CT molecular complexity index is 316. The molecule has 0 bridgehead atoms. The summed E-state index contributed by atoms with van der Waals surface area (Å²) < 4.78 is 0. The van der Waals surface area contributed by atoms with Crippen LogP contribution in [0.15, 0.2) is 22.5 Å². The molecule has 2 rings (SSSR count). The van der Waals surface area contributed by atoms with Crippen molar-refractivity contribution >= 4 is 17.2 Å². The van der Waals surface area contributed by atoms with Crippen LogP contribution in [-0.2, 0) is 6.42 Å². The first kappa shape index (κ1) is 10.7. The summed E-state index contributed by atoms with van der Waals surface area (Å²) in [4.78, 5) is 6.07. The lowest BCUT2D eigenvalue weighted by Crippen LogP contribution is -2.30. The van der Waals surface area contributed by atoms with Crippen molar-refractivity contribution in [2.24, 2.45) is 10.9 Å². The van der Waals surface area contributed by atoms with E-state index in [9.17, 15) is 0 Å². The van der Waals surface area contributed by atoms with Gasteiger partial charge in [-0.2, -0.15) is 0 Å². The molecule has 0 aliphatic carbocycles. The normalized spacial score (nSPS) is 18.9. The number of thiophene rings is 1. The highest BCUT2D eigenvalue weighted by atomic mass is 32.1. The lowest BCUT2D eigenvalue weighted by molar-refractivity contribution is 0.714. The zero-order chi connectivity index (χ0) is 10.5. The number of rotatable bonds is 3. The topological polar surface area (TPSA) is 24.4 Å². The third-order valence-corrected chi connectivity index (χ3v) is 3.63. The van der Waals surface area contributed by atoms with E-state index in [0.29, 0.717) is 5.92 Å². The van der Waals surface area contributed by atoms with E-state index in [1.807, 2.05) is 11.3 Å². The third-order valence-electron chi connectivity index (χ3n) is 2.73. The molecule has 0 saturated heterocycles. The Hall–Kier alpha value is -0.830. The summed E-state index contributed by atoms with van der Waals surface area (Å²) in [5.41, 5.74) is 0. The number of aliphatic imine (C=N–C) groups is 1. The molecule has 0 unspecified atom stereocenters. The highest BCUT2D eigenvalue weighted by Gasteiger charge is 2.12. The van der Waals surface area contributed by atoms with Gasteiger partial charge < -0.3 is 5.32 Å². The molecule has 0 saturated carbocycles. The number of hydrogen-bond acceptors (Lipinski definition) is 3. The third kappa shape index (κ3) is 3.06. The van der Waals surface area contributed by atoms with Crippen molar-refractivity contribution in [1.82, 2.24) is 5.32 Å². The molecule has 0 amide bonds. The van der Waals surface area contributed by atoms with Crippen LogP contribution in [0, 0.1) is 5.92 Å². The van der Waals surface area contributed by atoms with Gasteiger partial charge in [-0.3, -0.25) is 4.99 Å². The SMILES string of the molecule is C[C@@H](Cc1cccs1)C1=NCCCCN1. The number of nitrogens with one attached hydrogen (secondary N) is 1. The summed E-state index contributed by atoms with van der Waals surface area (Å²) in [6.07, 6.45) is 3.59. The Morgan fingerprint density at radius 1 is 1.53 bits per heavy atom. The lowest BCUT2D eigenvalue weighted by atomic mass is 10.1. The monoisotopic (exact) mass is 222 g/mol. The van der Waals surface area contributed by atoms with E-state index in [4.69, 9.17) is 0 Å². The van der Waals surface area contributed by atoms with Gasteiger partial charge in [-0.15, -0.1) is 11.3 Å². The van der Waals surface area contributed by atoms with Crippen LogP contribution in [0.4, 0.5) is 0 Å². The second-order valence-corrected chi connectivity index (χ2v) is 5.12. The predicted octanol–water partition coefficient (Wildman–Crippen LogP) is 2.71. The first-order valence-corrected chi connectivity index (χ1v) is 6.55. The maximum absolute atomic E-state index is 4.61. The summed E-state index contributed by atoms with van der Waals surface area (Å²) in [5.74, 6) is 1.74. The van der Waals surface area contributed by atoms with E-state index in [1.165, 1.54) is 23.6 Å². The van der Waals surface area contributed by atoms with Crippen molar-refractivity contribution in [3.05, 3.63) is 22.4 Å². The number of hydrogen-bond donors (Lipinski definition) is 1. The van der Waals surface area contributed by atoms with E-state index in [0.717, 1.165) is 19.5 Å². The standard InChI is InChI=1S/C12H18N2S/c1-10(9-11-5-4-8-15-11)12-13-6-2-3-7-14-12/h4-5,8,10H,2-3,6-7,9H2,1H3,(H,13,14)/t10-/m0/s1. The van der Waals surface area contributed by atoms with Crippen LogP contribution < -0.4 is 5.32 Å². The van der Waals surface area contributed by atoms with Crippen molar-refractivity contribution in [1.29, 1.82) is 0 Å². The van der Waals surface area contributed by atoms with Crippen LogP contribution >= 0.6 is 11.3 Å². The molecule has 1 atom stereocenters. The average molecular weight is 222 g/mol. The summed E-state index contributed by atoms with van der Waals surface area (Å²) in [5, 5.41) is 5.59. The van der Waals surface area contributed by atoms with Gasteiger partial charge in [0.2, 0.25) is 0 Å². The van der Waals surface area contributed by atoms with Crippen LogP contribution in [0.5, 0.6) is 0 Å². The molecule has 1 aliphatic heterocycles. The molecule has 3 heteroatoms. The van der Waals surface area contributed by atoms with E-state index in [-0.39, 0.29) is 0 Å². The molecule has 1 aromatic rings. The summed E-state index contributed by atoms with van der Waals surface area (Å²) >= 11 is 1.84. The largest absolute Gasteiger partial charge is 0.374 e. The van der Waals surface area contributed by atoms with Gasteiger partial charge in [0.25, 0.3) is 0 Å². The molecule has 1 aromatic heterocycles. The van der Waals surface area contributed by atoms with E-state index in [1.54, 1.807) is 0 Å². The predicted molar refractivity (Wildman–Crippen MR) is 66.7 cm³/mol. The molecule has 15 heavy (non-hydrogen) atoms. The Morgan fingerprint density at radius 2 is 2.47 bits per heavy atom. The molecule has 2 heterocycles. The lowest BCUT2D eigenvalue weighted by Gasteiger charge is -2.14. The Kier molecular flexibility index (Phi) is 3.78. The minimum absolute atomic E-state index is 0.529. The molecule has 0 fully saturated rings. The molecule has 82 valence electrons. The van der Waals surface area contributed by atoms with Crippen LogP contribution in [0.25, 0.3) is 0 Å². The maximum Gasteiger partial charge on any atom is 0.0995 e. The number of amidine groups is 1. The summed E-state index contributed by atoms with van der Waals surface area (Å²) in [6, 6.07) is 4.33. The fraction of sp³-hybridized carbons (Fsp3) is 0.583. The maximum atomic E-state index is 4.61. The molecular weight excluding hydrogens is 204 g/mol. The molecule has 0 radical (unpaired) electrons. The zero-order valence-corrected chi connectivity index (χ0v) is 10.0. The van der Waals surface area contributed by atoms with Gasteiger partial charge in [0, 0.05) is 23.9 Å². The fourth-order valence-corrected chi connectivity index (χ4v) is 2.70. The van der Waals surface area contributed by atoms with Gasteiger partial charge in [0.15, 0.2) is 0 Å². The summed E-state index contributed by atoms with van der Waals surface area (Å²) in [6.45, 7) is 4.35. The van der Waals surface area contributed by atoms with E-state index in [2.05, 4.69) is 34.7 Å². The Labute approximate surface area is 95.4 Å². The highest BCUT2D eigenvalue weighted by Crippen LogP contribution is 2.15. The molecule has 1 aliphatic rings. The van der Waals surface area contributed by atoms with Crippen LogP contribution in [0.2, 0.25) is 0 Å². The van der Waals surface area contributed by atoms with Gasteiger partial charge >= 0.3 is 0 Å². The zero-order valence-electron chi connectivity index (χ0n) is 9.20. The van der Waals surface area contributed by atoms with Crippen molar-refractivity contribution in [2.75, 3.05) is 13.1 Å². The Balaban J connectivity index is 1.94. The second-order valence-electron chi connectivity index (χ2n) is 4.09. The van der Waals surface area contributed by atoms with Gasteiger partial charge in [-0.25, -0.2) is 0 Å². The van der Waals surface area contributed by atoms with Crippen LogP contribution in [0.3, 0.4) is 0 Å². The van der Waals surface area contributed by atoms with E-state index >= 15 is 0 Å². The van der Waals surface area contributed by atoms with Gasteiger partial charge in [0.1, 0.15) is 0 Å². The smallest absolute Gasteiger partial charge is 0.0995 e. The van der Waals surface area contributed by atoms with Crippen molar-refractivity contribution in [3.63, 3.8) is 0 Å². The van der Waals surface area contributed by atoms with Crippen molar-refractivity contribution < 1.29 is 0 Å². The molecular formula is C12H18N2S. The highest BCUT2D eigenvalue weighted by molar-refractivity contribution is 7.09.